The first kappa shape index (κ1) is 27.1. The summed E-state index contributed by atoms with van der Waals surface area (Å²) >= 11 is 0. The van der Waals surface area contributed by atoms with E-state index in [1.165, 1.54) is 83.5 Å². The molecule has 1 aliphatic rings. The molecule has 0 aromatic rings. The zero-order valence-electron chi connectivity index (χ0n) is 19.9. The lowest BCUT2D eigenvalue weighted by Crippen LogP contribution is -2.60. The minimum absolute atomic E-state index is 0.0431. The van der Waals surface area contributed by atoms with Gasteiger partial charge in [0, 0.05) is 12.8 Å². The summed E-state index contributed by atoms with van der Waals surface area (Å²) in [6, 6.07) is 0. The van der Waals surface area contributed by atoms with Crippen molar-refractivity contribution in [3.63, 3.8) is 0 Å². The number of carboxylic acids is 1. The number of aliphatic carboxylic acids is 1. The molecule has 1 heterocycles. The van der Waals surface area contributed by atoms with Crippen LogP contribution < -0.4 is 0 Å². The van der Waals surface area contributed by atoms with E-state index in [4.69, 9.17) is 0 Å². The summed E-state index contributed by atoms with van der Waals surface area (Å²) in [5.74, 6) is 0.0676. The predicted molar refractivity (Wildman–Crippen MR) is 126 cm³/mol. The van der Waals surface area contributed by atoms with E-state index in [1.54, 1.807) is 0 Å². The van der Waals surface area contributed by atoms with E-state index in [1.807, 2.05) is 6.92 Å². The van der Waals surface area contributed by atoms with E-state index in [2.05, 4.69) is 11.9 Å². The zero-order valence-corrected chi connectivity index (χ0v) is 19.9. The monoisotopic (exact) mass is 425 g/mol. The van der Waals surface area contributed by atoms with Crippen LogP contribution in [0.3, 0.4) is 0 Å². The van der Waals surface area contributed by atoms with Crippen molar-refractivity contribution in [2.45, 2.75) is 129 Å². The van der Waals surface area contributed by atoms with E-state index in [9.17, 15) is 15.0 Å². The van der Waals surface area contributed by atoms with Crippen LogP contribution in [0.2, 0.25) is 0 Å². The maximum absolute atomic E-state index is 11.4. The molecule has 2 atom stereocenters. The minimum atomic E-state index is -0.847. The lowest BCUT2D eigenvalue weighted by molar-refractivity contribution is -0.880. The van der Waals surface area contributed by atoms with Gasteiger partial charge in [0.05, 0.1) is 6.54 Å². The average Bonchev–Trinajstić information content (AvgIpc) is 3.11. The number of hydrogen-bond acceptors (Lipinski definition) is 3. The molecule has 2 N–H and O–H groups in total. The van der Waals surface area contributed by atoms with Crippen LogP contribution in [0.5, 0.6) is 0 Å². The number of hydrogen-bond donors (Lipinski definition) is 2. The SMILES string of the molecule is CCCCCCCCCCCCCCCCC1=NCC[N+]1(CC(=O)O)C(O)CCC. The summed E-state index contributed by atoms with van der Waals surface area (Å²) in [7, 11) is 0. The van der Waals surface area contributed by atoms with Crippen LogP contribution in [0.25, 0.3) is 0 Å². The molecule has 2 unspecified atom stereocenters. The Bertz CT molecular complexity index is 481. The normalized spacial score (nSPS) is 19.8. The molecular weight excluding hydrogens is 376 g/mol. The first-order chi connectivity index (χ1) is 14.6. The van der Waals surface area contributed by atoms with Gasteiger partial charge < -0.3 is 10.2 Å². The van der Waals surface area contributed by atoms with Crippen molar-refractivity contribution in [3.05, 3.63) is 0 Å². The second-order valence-corrected chi connectivity index (χ2v) is 9.22. The molecule has 0 radical (unpaired) electrons. The number of aliphatic hydroxyl groups is 1. The summed E-state index contributed by atoms with van der Waals surface area (Å²) in [5, 5.41) is 20.0. The molecule has 30 heavy (non-hydrogen) atoms. The Balaban J connectivity index is 2.13. The van der Waals surface area contributed by atoms with Crippen molar-refractivity contribution in [1.82, 2.24) is 0 Å². The van der Waals surface area contributed by atoms with Gasteiger partial charge in [-0.2, -0.15) is 0 Å². The summed E-state index contributed by atoms with van der Waals surface area (Å²) in [4.78, 5) is 16.0. The fraction of sp³-hybridized carbons (Fsp3) is 0.920. The second kappa shape index (κ2) is 16.7. The van der Waals surface area contributed by atoms with Crippen LogP contribution in [0, 0.1) is 0 Å². The van der Waals surface area contributed by atoms with Gasteiger partial charge in [-0.15, -0.1) is 0 Å². The van der Waals surface area contributed by atoms with Gasteiger partial charge in [-0.05, 0) is 12.8 Å². The van der Waals surface area contributed by atoms with Gasteiger partial charge in [-0.25, -0.2) is 14.3 Å². The van der Waals surface area contributed by atoms with Crippen LogP contribution in [0.15, 0.2) is 4.99 Å². The molecule has 0 fully saturated rings. The van der Waals surface area contributed by atoms with Crippen molar-refractivity contribution >= 4 is 11.8 Å². The summed E-state index contributed by atoms with van der Waals surface area (Å²) in [5.41, 5.74) is 0. The van der Waals surface area contributed by atoms with Gasteiger partial charge in [0.25, 0.3) is 0 Å². The molecule has 0 saturated heterocycles. The zero-order chi connectivity index (χ0) is 22.1. The Morgan fingerprint density at radius 1 is 0.867 bits per heavy atom. The Hall–Kier alpha value is -0.940. The van der Waals surface area contributed by atoms with E-state index < -0.39 is 12.2 Å². The van der Waals surface area contributed by atoms with Crippen molar-refractivity contribution < 1.29 is 19.5 Å². The predicted octanol–water partition coefficient (Wildman–Crippen LogP) is 6.29. The van der Waals surface area contributed by atoms with E-state index >= 15 is 0 Å². The highest BCUT2D eigenvalue weighted by atomic mass is 16.4. The van der Waals surface area contributed by atoms with Crippen LogP contribution >= 0.6 is 0 Å². The fourth-order valence-electron chi connectivity index (χ4n) is 4.75. The molecule has 5 nitrogen and oxygen atoms in total. The summed E-state index contributed by atoms with van der Waals surface area (Å²) in [6.07, 6.45) is 20.3. The molecular formula is C25H49N2O3+. The first-order valence-corrected chi connectivity index (χ1v) is 12.9. The number of carboxylic acid groups (broad SMARTS) is 1. The number of quaternary nitrogens is 1. The standard InChI is InChI=1S/C25H48N2O3/c1-3-5-6-7-8-9-10-11-12-13-14-15-16-17-19-23-26-20-21-27(23,22-25(29)30)24(28)18-4-2/h24,28H,3-22H2,1-2H3/p+1. The molecule has 5 heteroatoms. The van der Waals surface area contributed by atoms with Gasteiger partial charge in [-0.1, -0.05) is 97.3 Å². The molecule has 1 rings (SSSR count). The summed E-state index contributed by atoms with van der Waals surface area (Å²) in [6.45, 7) is 5.52. The largest absolute Gasteiger partial charge is 0.477 e. The van der Waals surface area contributed by atoms with Gasteiger partial charge in [0.2, 0.25) is 5.84 Å². The Morgan fingerprint density at radius 3 is 1.83 bits per heavy atom. The quantitative estimate of drug-likeness (QED) is 0.178. The molecule has 0 bridgehead atoms. The first-order valence-electron chi connectivity index (χ1n) is 12.9. The van der Waals surface area contributed by atoms with Crippen molar-refractivity contribution in [2.24, 2.45) is 4.99 Å². The number of aliphatic imine (C=N–C) groups is 1. The molecule has 0 amide bonds. The second-order valence-electron chi connectivity index (χ2n) is 9.22. The minimum Gasteiger partial charge on any atom is -0.477 e. The van der Waals surface area contributed by atoms with Crippen LogP contribution in [0.1, 0.15) is 123 Å². The molecule has 1 aliphatic heterocycles. The maximum atomic E-state index is 11.4. The molecule has 0 saturated carbocycles. The van der Waals surface area contributed by atoms with Gasteiger partial charge in [0.1, 0.15) is 6.54 Å². The molecule has 0 aromatic heterocycles. The van der Waals surface area contributed by atoms with Gasteiger partial charge >= 0.3 is 5.97 Å². The molecule has 0 spiro atoms. The third kappa shape index (κ3) is 10.4. The van der Waals surface area contributed by atoms with Gasteiger partial charge in [0.15, 0.2) is 12.8 Å². The Kier molecular flexibility index (Phi) is 15.1. The average molecular weight is 426 g/mol. The van der Waals surface area contributed by atoms with E-state index in [0.29, 0.717) is 19.5 Å². The van der Waals surface area contributed by atoms with Crippen LogP contribution in [-0.4, -0.2) is 52.4 Å². The number of carbonyl (C=O) groups is 1. The highest BCUT2D eigenvalue weighted by Crippen LogP contribution is 2.25. The molecule has 0 aliphatic carbocycles. The number of unbranched alkanes of at least 4 members (excludes halogenated alkanes) is 13. The summed E-state index contributed by atoms with van der Waals surface area (Å²) < 4.78 is 0.168. The van der Waals surface area contributed by atoms with E-state index in [-0.39, 0.29) is 11.0 Å². The number of nitrogens with zero attached hydrogens (tertiary/aromatic N) is 2. The highest BCUT2D eigenvalue weighted by molar-refractivity contribution is 5.80. The lowest BCUT2D eigenvalue weighted by atomic mass is 10.0. The maximum Gasteiger partial charge on any atom is 0.359 e. The smallest absolute Gasteiger partial charge is 0.359 e. The van der Waals surface area contributed by atoms with Crippen molar-refractivity contribution in [3.8, 4) is 0 Å². The van der Waals surface area contributed by atoms with Crippen LogP contribution in [0.4, 0.5) is 0 Å². The highest BCUT2D eigenvalue weighted by Gasteiger charge is 2.45. The molecule has 0 aromatic carbocycles. The number of aliphatic hydroxyl groups excluding tert-OH is 1. The molecule has 176 valence electrons. The number of amidine groups is 1. The van der Waals surface area contributed by atoms with Crippen LogP contribution in [-0.2, 0) is 4.79 Å². The fourth-order valence-corrected chi connectivity index (χ4v) is 4.75. The topological polar surface area (TPSA) is 69.9 Å². The van der Waals surface area contributed by atoms with Crippen molar-refractivity contribution in [2.75, 3.05) is 19.6 Å². The van der Waals surface area contributed by atoms with E-state index in [0.717, 1.165) is 25.1 Å². The third-order valence-electron chi connectivity index (χ3n) is 6.60. The lowest BCUT2D eigenvalue weighted by Gasteiger charge is -2.37. The Labute approximate surface area is 185 Å². The van der Waals surface area contributed by atoms with Gasteiger partial charge in [-0.3, -0.25) is 0 Å². The van der Waals surface area contributed by atoms with Crippen molar-refractivity contribution in [1.29, 1.82) is 0 Å². The Morgan fingerprint density at radius 2 is 1.37 bits per heavy atom. The number of rotatable bonds is 20. The third-order valence-corrected chi connectivity index (χ3v) is 6.60.